The zero-order valence-electron chi connectivity index (χ0n) is 34.3. The van der Waals surface area contributed by atoms with Crippen LogP contribution >= 0.6 is 23.2 Å². The second-order valence-corrected chi connectivity index (χ2v) is 16.1. The number of rotatable bonds is 32. The number of benzene rings is 3. The van der Waals surface area contributed by atoms with Gasteiger partial charge in [-0.05, 0) is 73.2 Å². The van der Waals surface area contributed by atoms with Crippen molar-refractivity contribution >= 4 is 35.1 Å². The van der Waals surface area contributed by atoms with E-state index in [1.54, 1.807) is 18.2 Å². The second-order valence-electron chi connectivity index (χ2n) is 15.0. The Morgan fingerprint density at radius 1 is 0.446 bits per heavy atom. The molecule has 0 spiro atoms. The van der Waals surface area contributed by atoms with Gasteiger partial charge in [0.1, 0.15) is 33.8 Å². The fourth-order valence-corrected chi connectivity index (χ4v) is 6.99. The lowest BCUT2D eigenvalue weighted by molar-refractivity contribution is -0.134. The number of halogens is 2. The highest BCUT2D eigenvalue weighted by molar-refractivity contribution is 6.30. The third-order valence-corrected chi connectivity index (χ3v) is 10.6. The maximum absolute atomic E-state index is 12.8. The topological polar surface area (TPSA) is 71.1 Å². The van der Waals surface area contributed by atoms with Crippen LogP contribution in [-0.4, -0.2) is 35.9 Å². The van der Waals surface area contributed by atoms with E-state index in [9.17, 15) is 9.59 Å². The zero-order valence-corrected chi connectivity index (χ0v) is 35.8. The summed E-state index contributed by atoms with van der Waals surface area (Å²) in [4.78, 5) is 25.6. The van der Waals surface area contributed by atoms with Gasteiger partial charge in [-0.2, -0.15) is 0 Å². The largest absolute Gasteiger partial charge is 0.494 e. The van der Waals surface area contributed by atoms with Gasteiger partial charge in [-0.3, -0.25) is 9.59 Å². The molecule has 8 heteroatoms. The minimum atomic E-state index is -0.900. The van der Waals surface area contributed by atoms with Gasteiger partial charge in [-0.15, -0.1) is 23.2 Å². The highest BCUT2D eigenvalue weighted by Gasteiger charge is 2.21. The first-order valence-electron chi connectivity index (χ1n) is 21.6. The number of hydrogen-bond donors (Lipinski definition) is 0. The lowest BCUT2D eigenvalue weighted by atomic mass is 10.1. The van der Waals surface area contributed by atoms with Crippen LogP contribution in [0.15, 0.2) is 72.8 Å². The number of unbranched alkanes of at least 4 members (excludes halogenated alkanes) is 18. The van der Waals surface area contributed by atoms with Crippen molar-refractivity contribution in [3.05, 3.63) is 83.9 Å². The van der Waals surface area contributed by atoms with Crippen LogP contribution in [0, 0.1) is 0 Å². The van der Waals surface area contributed by atoms with E-state index in [2.05, 4.69) is 13.8 Å². The minimum Gasteiger partial charge on any atom is -0.494 e. The molecule has 0 saturated heterocycles. The molecule has 0 aromatic heterocycles. The number of hydrogen-bond acceptors (Lipinski definition) is 6. The predicted octanol–water partition coefficient (Wildman–Crippen LogP) is 13.8. The lowest BCUT2D eigenvalue weighted by Crippen LogP contribution is -2.24. The first kappa shape index (κ1) is 47.2. The molecule has 3 aromatic rings. The smallest absolute Gasteiger partial charge is 0.329 e. The molecule has 3 aromatic carbocycles. The maximum atomic E-state index is 12.8. The van der Waals surface area contributed by atoms with Crippen molar-refractivity contribution in [2.75, 3.05) is 13.2 Å². The van der Waals surface area contributed by atoms with E-state index >= 15 is 0 Å². The number of carbonyl (C=O) groups excluding carboxylic acids is 2. The Balaban J connectivity index is 1.29. The minimum absolute atomic E-state index is 0.223. The molecule has 0 radical (unpaired) electrons. The summed E-state index contributed by atoms with van der Waals surface area (Å²) >= 11 is 12.9. The summed E-state index contributed by atoms with van der Waals surface area (Å²) < 4.78 is 22.9. The quantitative estimate of drug-likeness (QED) is 0.0271. The summed E-state index contributed by atoms with van der Waals surface area (Å²) in [6, 6.07) is 21.6. The molecule has 0 aliphatic heterocycles. The van der Waals surface area contributed by atoms with Crippen LogP contribution < -0.4 is 18.9 Å². The average Bonchev–Trinajstić information content (AvgIpc) is 3.20. The summed E-state index contributed by atoms with van der Waals surface area (Å²) in [5.41, 5.74) is 1.80. The van der Waals surface area contributed by atoms with E-state index in [0.29, 0.717) is 26.1 Å². The summed E-state index contributed by atoms with van der Waals surface area (Å²) in [6.07, 6.45) is 26.4. The molecule has 3 rings (SSSR count). The van der Waals surface area contributed by atoms with Gasteiger partial charge >= 0.3 is 11.9 Å². The Morgan fingerprint density at radius 2 is 0.768 bits per heavy atom. The lowest BCUT2D eigenvalue weighted by Gasteiger charge is -2.13. The van der Waals surface area contributed by atoms with E-state index in [4.69, 9.17) is 42.1 Å². The number of ether oxygens (including phenoxy) is 4. The van der Waals surface area contributed by atoms with Crippen molar-refractivity contribution in [3.63, 3.8) is 0 Å². The zero-order chi connectivity index (χ0) is 40.1. The Hall–Kier alpha value is -3.22. The van der Waals surface area contributed by atoms with Crippen LogP contribution in [-0.2, 0) is 22.4 Å². The molecule has 0 saturated carbocycles. The number of esters is 2. The van der Waals surface area contributed by atoms with Crippen LogP contribution in [0.3, 0.4) is 0 Å². The summed E-state index contributed by atoms with van der Waals surface area (Å²) in [7, 11) is 0. The molecule has 6 nitrogen and oxygen atoms in total. The molecule has 0 aliphatic carbocycles. The van der Waals surface area contributed by atoms with Crippen molar-refractivity contribution in [2.45, 2.75) is 166 Å². The van der Waals surface area contributed by atoms with Gasteiger partial charge < -0.3 is 18.9 Å². The van der Waals surface area contributed by atoms with Gasteiger partial charge in [-0.25, -0.2) is 0 Å². The standard InChI is InChI=1S/C48H68Cl2O6/c1-3-5-7-9-11-13-15-17-19-21-34-53-41-30-26-39(27-31-41)36-45(49)47(51)55-43-24-23-25-44(38-43)56-48(52)46(50)37-40-28-32-42(33-29-40)54-35-22-20-18-16-14-12-10-8-6-4-2/h23-33,38,45-46H,3-22,34-37H2,1-2H3. The number of alkyl halides is 2. The molecular weight excluding hydrogens is 743 g/mol. The Kier molecular flexibility index (Phi) is 25.2. The summed E-state index contributed by atoms with van der Waals surface area (Å²) in [6.45, 7) is 5.91. The van der Waals surface area contributed by atoms with Crippen molar-refractivity contribution in [3.8, 4) is 23.0 Å². The van der Waals surface area contributed by atoms with Crippen molar-refractivity contribution in [1.82, 2.24) is 0 Å². The van der Waals surface area contributed by atoms with Crippen LogP contribution in [0.4, 0.5) is 0 Å². The fourth-order valence-electron chi connectivity index (χ4n) is 6.54. The van der Waals surface area contributed by atoms with Gasteiger partial charge in [-0.1, -0.05) is 160 Å². The first-order valence-corrected chi connectivity index (χ1v) is 22.5. The summed E-state index contributed by atoms with van der Waals surface area (Å²) in [5, 5.41) is -1.80. The van der Waals surface area contributed by atoms with E-state index in [-0.39, 0.29) is 11.5 Å². The molecule has 0 aliphatic rings. The van der Waals surface area contributed by atoms with E-state index < -0.39 is 22.7 Å². The first-order chi connectivity index (χ1) is 27.4. The van der Waals surface area contributed by atoms with Gasteiger partial charge in [0.15, 0.2) is 0 Å². The van der Waals surface area contributed by atoms with Crippen molar-refractivity contribution in [2.24, 2.45) is 0 Å². The normalized spacial score (nSPS) is 12.2. The summed E-state index contributed by atoms with van der Waals surface area (Å²) in [5.74, 6) is 0.871. The Labute approximate surface area is 348 Å². The molecular formula is C48H68Cl2O6. The maximum Gasteiger partial charge on any atom is 0.329 e. The van der Waals surface area contributed by atoms with Gasteiger partial charge in [0.2, 0.25) is 0 Å². The molecule has 2 atom stereocenters. The average molecular weight is 812 g/mol. The highest BCUT2D eigenvalue weighted by atomic mass is 35.5. The molecule has 310 valence electrons. The predicted molar refractivity (Wildman–Crippen MR) is 232 cm³/mol. The van der Waals surface area contributed by atoms with E-state index in [0.717, 1.165) is 35.5 Å². The molecule has 0 heterocycles. The van der Waals surface area contributed by atoms with Crippen molar-refractivity contribution < 1.29 is 28.5 Å². The van der Waals surface area contributed by atoms with Crippen LogP contribution in [0.25, 0.3) is 0 Å². The van der Waals surface area contributed by atoms with Gasteiger partial charge in [0.25, 0.3) is 0 Å². The van der Waals surface area contributed by atoms with E-state index in [1.807, 2.05) is 48.5 Å². The second kappa shape index (κ2) is 29.9. The van der Waals surface area contributed by atoms with Gasteiger partial charge in [0.05, 0.1) is 13.2 Å². The molecule has 0 N–H and O–H groups in total. The third kappa shape index (κ3) is 21.3. The fraction of sp³-hybridized carbons (Fsp3) is 0.583. The monoisotopic (exact) mass is 810 g/mol. The SMILES string of the molecule is CCCCCCCCCCCCOc1ccc(CC(Cl)C(=O)Oc2cccc(OC(=O)C(Cl)Cc3ccc(OCCCCCCCCCCCC)cc3)c2)cc1. The van der Waals surface area contributed by atoms with Crippen LogP contribution in [0.5, 0.6) is 23.0 Å². The molecule has 56 heavy (non-hydrogen) atoms. The third-order valence-electron chi connectivity index (χ3n) is 9.96. The number of carbonyl (C=O) groups is 2. The molecule has 0 bridgehead atoms. The van der Waals surface area contributed by atoms with Crippen LogP contribution in [0.2, 0.25) is 0 Å². The van der Waals surface area contributed by atoms with Crippen molar-refractivity contribution in [1.29, 1.82) is 0 Å². The molecule has 0 fully saturated rings. The molecule has 2 unspecified atom stereocenters. The van der Waals surface area contributed by atoms with Crippen LogP contribution in [0.1, 0.15) is 153 Å². The van der Waals surface area contributed by atoms with Gasteiger partial charge in [0, 0.05) is 6.07 Å². The highest BCUT2D eigenvalue weighted by Crippen LogP contribution is 2.24. The Bertz CT molecular complexity index is 1350. The van der Waals surface area contributed by atoms with E-state index in [1.165, 1.54) is 122 Å². The molecule has 0 amide bonds. The Morgan fingerprint density at radius 3 is 1.11 bits per heavy atom.